The molecule has 90 valence electrons. The summed E-state index contributed by atoms with van der Waals surface area (Å²) >= 11 is 0. The highest BCUT2D eigenvalue weighted by Gasteiger charge is 2.03. The van der Waals surface area contributed by atoms with E-state index in [0.29, 0.717) is 6.42 Å². The standard InChI is InChI=1S/C11H19N3O2/c1-10(3-4-11(15)16)13-5-2-7-14-8-6-12-9-14/h6,8-10,13H,2-5,7H2,1H3,(H,15,16). The summed E-state index contributed by atoms with van der Waals surface area (Å²) in [4.78, 5) is 14.3. The Morgan fingerprint density at radius 3 is 3.06 bits per heavy atom. The number of aromatic nitrogens is 2. The van der Waals surface area contributed by atoms with Crippen LogP contribution in [0.2, 0.25) is 0 Å². The van der Waals surface area contributed by atoms with Gasteiger partial charge in [0.15, 0.2) is 0 Å². The maximum absolute atomic E-state index is 10.4. The molecule has 0 spiro atoms. The molecule has 0 saturated carbocycles. The van der Waals surface area contributed by atoms with Gasteiger partial charge < -0.3 is 15.0 Å². The van der Waals surface area contributed by atoms with Crippen molar-refractivity contribution in [1.29, 1.82) is 0 Å². The van der Waals surface area contributed by atoms with Crippen LogP contribution in [0.25, 0.3) is 0 Å². The highest BCUT2D eigenvalue weighted by atomic mass is 16.4. The molecule has 1 rings (SSSR count). The lowest BCUT2D eigenvalue weighted by molar-refractivity contribution is -0.137. The predicted octanol–water partition coefficient (Wildman–Crippen LogP) is 1.12. The van der Waals surface area contributed by atoms with Gasteiger partial charge in [-0.15, -0.1) is 0 Å². The maximum atomic E-state index is 10.4. The number of imidazole rings is 1. The summed E-state index contributed by atoms with van der Waals surface area (Å²) in [7, 11) is 0. The Balaban J connectivity index is 2.00. The molecular formula is C11H19N3O2. The van der Waals surface area contributed by atoms with Crippen LogP contribution in [0.3, 0.4) is 0 Å². The Hall–Kier alpha value is -1.36. The Morgan fingerprint density at radius 2 is 2.44 bits per heavy atom. The summed E-state index contributed by atoms with van der Waals surface area (Å²) in [6.07, 6.45) is 7.44. The third-order valence-electron chi connectivity index (χ3n) is 2.44. The van der Waals surface area contributed by atoms with Crippen molar-refractivity contribution in [2.24, 2.45) is 0 Å². The van der Waals surface area contributed by atoms with E-state index in [0.717, 1.165) is 19.5 Å². The number of nitrogens with one attached hydrogen (secondary N) is 1. The lowest BCUT2D eigenvalue weighted by Crippen LogP contribution is -2.28. The third kappa shape index (κ3) is 5.50. The fourth-order valence-electron chi connectivity index (χ4n) is 1.47. The van der Waals surface area contributed by atoms with E-state index >= 15 is 0 Å². The first-order chi connectivity index (χ1) is 7.68. The average molecular weight is 225 g/mol. The minimum atomic E-state index is -0.730. The lowest BCUT2D eigenvalue weighted by atomic mass is 10.2. The number of carboxylic acids is 1. The summed E-state index contributed by atoms with van der Waals surface area (Å²) in [5.41, 5.74) is 0. The minimum absolute atomic E-state index is 0.232. The van der Waals surface area contributed by atoms with E-state index in [2.05, 4.69) is 10.3 Å². The monoisotopic (exact) mass is 225 g/mol. The molecule has 0 aliphatic carbocycles. The van der Waals surface area contributed by atoms with Gasteiger partial charge >= 0.3 is 5.97 Å². The van der Waals surface area contributed by atoms with Gasteiger partial charge in [-0.3, -0.25) is 4.79 Å². The second-order valence-corrected chi connectivity index (χ2v) is 3.94. The molecule has 5 heteroatoms. The summed E-state index contributed by atoms with van der Waals surface area (Å²) < 4.78 is 2.03. The van der Waals surface area contributed by atoms with Crippen LogP contribution in [-0.4, -0.2) is 33.2 Å². The molecule has 0 aromatic carbocycles. The fraction of sp³-hybridized carbons (Fsp3) is 0.636. The number of carboxylic acid groups (broad SMARTS) is 1. The second kappa shape index (κ2) is 7.00. The van der Waals surface area contributed by atoms with E-state index in [1.54, 1.807) is 12.5 Å². The Labute approximate surface area is 95.5 Å². The number of aryl methyl sites for hydroxylation is 1. The van der Waals surface area contributed by atoms with Gasteiger partial charge in [0.1, 0.15) is 0 Å². The molecule has 1 atom stereocenters. The van der Waals surface area contributed by atoms with Gasteiger partial charge in [-0.2, -0.15) is 0 Å². The molecule has 1 unspecified atom stereocenters. The molecule has 16 heavy (non-hydrogen) atoms. The Bertz CT molecular complexity index is 298. The third-order valence-corrected chi connectivity index (χ3v) is 2.44. The fourth-order valence-corrected chi connectivity index (χ4v) is 1.47. The molecule has 0 aliphatic rings. The number of carbonyl (C=O) groups is 1. The highest BCUT2D eigenvalue weighted by molar-refractivity contribution is 5.66. The van der Waals surface area contributed by atoms with Crippen molar-refractivity contribution in [1.82, 2.24) is 14.9 Å². The zero-order valence-electron chi connectivity index (χ0n) is 9.59. The van der Waals surface area contributed by atoms with Crippen molar-refractivity contribution in [2.75, 3.05) is 6.54 Å². The van der Waals surface area contributed by atoms with Crippen molar-refractivity contribution in [3.05, 3.63) is 18.7 Å². The molecule has 0 aliphatic heterocycles. The van der Waals surface area contributed by atoms with Crippen LogP contribution < -0.4 is 5.32 Å². The maximum Gasteiger partial charge on any atom is 0.303 e. The second-order valence-electron chi connectivity index (χ2n) is 3.94. The average Bonchev–Trinajstić information content (AvgIpc) is 2.74. The first kappa shape index (κ1) is 12.7. The van der Waals surface area contributed by atoms with Gasteiger partial charge in [-0.05, 0) is 26.3 Å². The molecule has 5 nitrogen and oxygen atoms in total. The molecule has 1 heterocycles. The predicted molar refractivity (Wildman–Crippen MR) is 61.2 cm³/mol. The van der Waals surface area contributed by atoms with Crippen LogP contribution >= 0.6 is 0 Å². The van der Waals surface area contributed by atoms with Crippen molar-refractivity contribution in [3.63, 3.8) is 0 Å². The molecule has 1 aromatic rings. The zero-order valence-corrected chi connectivity index (χ0v) is 9.59. The van der Waals surface area contributed by atoms with E-state index in [1.165, 1.54) is 0 Å². The van der Waals surface area contributed by atoms with Crippen LogP contribution in [0.15, 0.2) is 18.7 Å². The van der Waals surface area contributed by atoms with Crippen LogP contribution in [0, 0.1) is 0 Å². The topological polar surface area (TPSA) is 67.2 Å². The minimum Gasteiger partial charge on any atom is -0.481 e. The van der Waals surface area contributed by atoms with Crippen molar-refractivity contribution in [2.45, 2.75) is 38.8 Å². The molecule has 0 bridgehead atoms. The number of nitrogens with zero attached hydrogens (tertiary/aromatic N) is 2. The molecule has 0 fully saturated rings. The van der Waals surface area contributed by atoms with Crippen LogP contribution in [0.5, 0.6) is 0 Å². The first-order valence-corrected chi connectivity index (χ1v) is 5.59. The normalized spacial score (nSPS) is 12.6. The quantitative estimate of drug-likeness (QED) is 0.650. The van der Waals surface area contributed by atoms with E-state index in [-0.39, 0.29) is 12.5 Å². The lowest BCUT2D eigenvalue weighted by Gasteiger charge is -2.12. The van der Waals surface area contributed by atoms with Crippen LogP contribution in [0.4, 0.5) is 0 Å². The molecule has 0 radical (unpaired) electrons. The molecule has 0 saturated heterocycles. The van der Waals surface area contributed by atoms with Gasteiger partial charge in [0, 0.05) is 31.4 Å². The largest absolute Gasteiger partial charge is 0.481 e. The summed E-state index contributed by atoms with van der Waals surface area (Å²) in [6.45, 7) is 3.86. The SMILES string of the molecule is CC(CCC(=O)O)NCCCn1ccnc1. The smallest absolute Gasteiger partial charge is 0.303 e. The van der Waals surface area contributed by atoms with Gasteiger partial charge in [-0.25, -0.2) is 4.98 Å². The van der Waals surface area contributed by atoms with Gasteiger partial charge in [0.05, 0.1) is 6.33 Å². The van der Waals surface area contributed by atoms with Crippen molar-refractivity contribution in [3.8, 4) is 0 Å². The first-order valence-electron chi connectivity index (χ1n) is 5.59. The van der Waals surface area contributed by atoms with Crippen LogP contribution in [0.1, 0.15) is 26.2 Å². The van der Waals surface area contributed by atoms with E-state index in [4.69, 9.17) is 5.11 Å². The van der Waals surface area contributed by atoms with Crippen LogP contribution in [-0.2, 0) is 11.3 Å². The Kier molecular flexibility index (Phi) is 5.56. The summed E-state index contributed by atoms with van der Waals surface area (Å²) in [5.74, 6) is -0.730. The molecular weight excluding hydrogens is 206 g/mol. The van der Waals surface area contributed by atoms with E-state index in [1.807, 2.05) is 17.7 Å². The van der Waals surface area contributed by atoms with Gasteiger partial charge in [-0.1, -0.05) is 0 Å². The van der Waals surface area contributed by atoms with Gasteiger partial charge in [0.2, 0.25) is 0 Å². The zero-order chi connectivity index (χ0) is 11.8. The highest BCUT2D eigenvalue weighted by Crippen LogP contribution is 1.97. The van der Waals surface area contributed by atoms with Gasteiger partial charge in [0.25, 0.3) is 0 Å². The van der Waals surface area contributed by atoms with Crippen molar-refractivity contribution >= 4 is 5.97 Å². The Morgan fingerprint density at radius 1 is 1.62 bits per heavy atom. The summed E-state index contributed by atoms with van der Waals surface area (Å²) in [5, 5.41) is 11.8. The van der Waals surface area contributed by atoms with E-state index < -0.39 is 5.97 Å². The number of rotatable bonds is 8. The number of hydrogen-bond acceptors (Lipinski definition) is 3. The molecule has 2 N–H and O–H groups in total. The number of hydrogen-bond donors (Lipinski definition) is 2. The molecule has 1 aromatic heterocycles. The summed E-state index contributed by atoms with van der Waals surface area (Å²) in [6, 6.07) is 0.263. The molecule has 0 amide bonds. The number of aliphatic carboxylic acids is 1. The van der Waals surface area contributed by atoms with Crippen molar-refractivity contribution < 1.29 is 9.90 Å². The van der Waals surface area contributed by atoms with E-state index in [9.17, 15) is 4.79 Å².